The third-order valence-electron chi connectivity index (χ3n) is 3.31. The highest BCUT2D eigenvalue weighted by atomic mass is 79.9. The summed E-state index contributed by atoms with van der Waals surface area (Å²) in [4.78, 5) is 11.9. The van der Waals surface area contributed by atoms with Gasteiger partial charge in [0.05, 0.1) is 30.1 Å². The highest BCUT2D eigenvalue weighted by Crippen LogP contribution is 2.33. The van der Waals surface area contributed by atoms with Gasteiger partial charge in [0.1, 0.15) is 10.3 Å². The molecular weight excluding hydrogens is 365 g/mol. The number of fused-ring (bicyclic) bond motifs is 1. The predicted molar refractivity (Wildman–Crippen MR) is 89.1 cm³/mol. The number of hydrogen-bond acceptors (Lipinski definition) is 5. The molecule has 0 aromatic carbocycles. The van der Waals surface area contributed by atoms with E-state index in [1.54, 1.807) is 32.3 Å². The van der Waals surface area contributed by atoms with Crippen molar-refractivity contribution < 1.29 is 9.50 Å². The molecule has 0 atom stereocenters. The Kier molecular flexibility index (Phi) is 3.81. The molecule has 8 heteroatoms. The molecule has 0 saturated carbocycles. The van der Waals surface area contributed by atoms with Crippen LogP contribution in [0.3, 0.4) is 0 Å². The maximum absolute atomic E-state index is 14.2. The van der Waals surface area contributed by atoms with Gasteiger partial charge in [-0.25, -0.2) is 19.3 Å². The first-order valence-electron chi connectivity index (χ1n) is 6.90. The van der Waals surface area contributed by atoms with Crippen molar-refractivity contribution in [1.29, 1.82) is 0 Å². The monoisotopic (exact) mass is 379 g/mol. The Morgan fingerprint density at radius 2 is 2.09 bits per heavy atom. The number of rotatable bonds is 3. The summed E-state index contributed by atoms with van der Waals surface area (Å²) in [5, 5.41) is 10.9. The van der Waals surface area contributed by atoms with Gasteiger partial charge in [-0.1, -0.05) is 0 Å². The maximum Gasteiger partial charge on any atom is 0.220 e. The molecule has 0 fully saturated rings. The zero-order valence-corrected chi connectivity index (χ0v) is 14.2. The van der Waals surface area contributed by atoms with Crippen molar-refractivity contribution in [3.63, 3.8) is 0 Å². The molecule has 0 aliphatic carbocycles. The Morgan fingerprint density at radius 1 is 1.35 bits per heavy atom. The number of nitrogens with zero attached hydrogens (tertiary/aromatic N) is 4. The lowest BCUT2D eigenvalue weighted by Crippen LogP contribution is -2.25. The summed E-state index contributed by atoms with van der Waals surface area (Å²) in [6.45, 7) is 3.73. The van der Waals surface area contributed by atoms with Gasteiger partial charge in [-0.05, 0) is 35.8 Å². The fraction of sp³-hybridized carbons (Fsp3) is 0.267. The van der Waals surface area contributed by atoms with Crippen LogP contribution >= 0.6 is 15.9 Å². The molecule has 0 saturated heterocycles. The first-order valence-corrected chi connectivity index (χ1v) is 7.69. The van der Waals surface area contributed by atoms with Gasteiger partial charge in [-0.2, -0.15) is 0 Å². The van der Waals surface area contributed by atoms with Crippen LogP contribution < -0.4 is 5.73 Å². The van der Waals surface area contributed by atoms with Gasteiger partial charge in [0.15, 0.2) is 5.82 Å². The molecule has 0 aliphatic heterocycles. The van der Waals surface area contributed by atoms with Gasteiger partial charge in [-0.3, -0.25) is 0 Å². The van der Waals surface area contributed by atoms with E-state index in [0.717, 1.165) is 17.1 Å². The van der Waals surface area contributed by atoms with Crippen molar-refractivity contribution in [2.75, 3.05) is 5.73 Å². The molecule has 3 rings (SSSR count). The first-order chi connectivity index (χ1) is 10.7. The van der Waals surface area contributed by atoms with Crippen LogP contribution in [0.5, 0.6) is 0 Å². The van der Waals surface area contributed by atoms with Crippen LogP contribution in [-0.4, -0.2) is 30.2 Å². The molecule has 3 N–H and O–H groups in total. The summed E-state index contributed by atoms with van der Waals surface area (Å²) in [7, 11) is 0. The third kappa shape index (κ3) is 3.18. The SMILES string of the molecule is CC(C)(O)Cn1cc(-c2nc(N)ncc2F)c2cc(Br)ncc21. The van der Waals surface area contributed by atoms with E-state index >= 15 is 0 Å². The molecule has 6 nitrogen and oxygen atoms in total. The molecule has 0 aliphatic rings. The second-order valence-electron chi connectivity index (χ2n) is 5.93. The van der Waals surface area contributed by atoms with Gasteiger partial charge in [-0.15, -0.1) is 0 Å². The summed E-state index contributed by atoms with van der Waals surface area (Å²) in [5.74, 6) is -0.563. The summed E-state index contributed by atoms with van der Waals surface area (Å²) in [5.41, 5.74) is 6.11. The first kappa shape index (κ1) is 15.8. The number of hydrogen-bond donors (Lipinski definition) is 2. The van der Waals surface area contributed by atoms with Crippen molar-refractivity contribution in [1.82, 2.24) is 19.5 Å². The van der Waals surface area contributed by atoms with E-state index in [1.165, 1.54) is 0 Å². The Hall–Kier alpha value is -2.06. The van der Waals surface area contributed by atoms with Crippen LogP contribution in [0.15, 0.2) is 29.3 Å². The van der Waals surface area contributed by atoms with Crippen LogP contribution in [0.1, 0.15) is 13.8 Å². The molecular formula is C15H15BrFN5O. The summed E-state index contributed by atoms with van der Waals surface area (Å²) < 4.78 is 16.6. The lowest BCUT2D eigenvalue weighted by molar-refractivity contribution is 0.0628. The van der Waals surface area contributed by atoms with E-state index in [0.29, 0.717) is 16.7 Å². The zero-order valence-electron chi connectivity index (χ0n) is 12.6. The Morgan fingerprint density at radius 3 is 2.78 bits per heavy atom. The lowest BCUT2D eigenvalue weighted by atomic mass is 10.1. The van der Waals surface area contributed by atoms with Crippen molar-refractivity contribution >= 4 is 32.8 Å². The van der Waals surface area contributed by atoms with Crippen molar-refractivity contribution in [2.45, 2.75) is 26.0 Å². The Labute approximate surface area is 140 Å². The molecule has 3 aromatic heterocycles. The summed E-state index contributed by atoms with van der Waals surface area (Å²) in [6.07, 6.45) is 4.45. The van der Waals surface area contributed by atoms with Gasteiger partial charge in [0, 0.05) is 17.1 Å². The Bertz CT molecular complexity index is 887. The van der Waals surface area contributed by atoms with Crippen molar-refractivity contribution in [3.8, 4) is 11.3 Å². The fourth-order valence-electron chi connectivity index (χ4n) is 2.47. The molecule has 3 heterocycles. The number of halogens is 2. The van der Waals surface area contributed by atoms with E-state index in [-0.39, 0.29) is 11.6 Å². The molecule has 120 valence electrons. The van der Waals surface area contributed by atoms with E-state index in [9.17, 15) is 9.50 Å². The zero-order chi connectivity index (χ0) is 16.8. The topological polar surface area (TPSA) is 89.8 Å². The minimum atomic E-state index is -0.931. The number of pyridine rings is 1. The summed E-state index contributed by atoms with van der Waals surface area (Å²) in [6, 6.07) is 1.78. The molecule has 0 amide bonds. The van der Waals surface area contributed by atoms with E-state index in [2.05, 4.69) is 30.9 Å². The second kappa shape index (κ2) is 5.54. The molecule has 0 radical (unpaired) electrons. The minimum absolute atomic E-state index is 0.00194. The standard InChI is InChI=1S/C15H15BrFN5O/c1-15(2,23)7-22-6-9(8-3-12(16)19-5-11(8)22)13-10(17)4-20-14(18)21-13/h3-6,23H,7H2,1-2H3,(H2,18,20,21). The van der Waals surface area contributed by atoms with Crippen LogP contribution in [0, 0.1) is 5.82 Å². The van der Waals surface area contributed by atoms with Crippen molar-refractivity contribution in [2.24, 2.45) is 0 Å². The molecule has 0 unspecified atom stereocenters. The number of aromatic nitrogens is 4. The average Bonchev–Trinajstić information content (AvgIpc) is 2.77. The highest BCUT2D eigenvalue weighted by Gasteiger charge is 2.20. The van der Waals surface area contributed by atoms with E-state index < -0.39 is 11.4 Å². The van der Waals surface area contributed by atoms with E-state index in [1.807, 2.05) is 4.57 Å². The smallest absolute Gasteiger partial charge is 0.220 e. The normalized spacial score (nSPS) is 12.0. The molecule has 0 spiro atoms. The molecule has 23 heavy (non-hydrogen) atoms. The largest absolute Gasteiger partial charge is 0.389 e. The Balaban J connectivity index is 2.28. The molecule has 3 aromatic rings. The second-order valence-corrected chi connectivity index (χ2v) is 6.74. The third-order valence-corrected chi connectivity index (χ3v) is 3.74. The number of aliphatic hydroxyl groups is 1. The van der Waals surface area contributed by atoms with E-state index in [4.69, 9.17) is 5.73 Å². The van der Waals surface area contributed by atoms with Gasteiger partial charge >= 0.3 is 0 Å². The average molecular weight is 380 g/mol. The summed E-state index contributed by atoms with van der Waals surface area (Å²) >= 11 is 3.32. The fourth-order valence-corrected chi connectivity index (χ4v) is 2.80. The van der Waals surface area contributed by atoms with Crippen LogP contribution in [0.25, 0.3) is 22.2 Å². The maximum atomic E-state index is 14.2. The van der Waals surface area contributed by atoms with Crippen LogP contribution in [0.4, 0.5) is 10.3 Å². The predicted octanol–water partition coefficient (Wildman–Crippen LogP) is 2.75. The van der Waals surface area contributed by atoms with Crippen LogP contribution in [-0.2, 0) is 6.54 Å². The quantitative estimate of drug-likeness (QED) is 0.682. The molecule has 0 bridgehead atoms. The lowest BCUT2D eigenvalue weighted by Gasteiger charge is -2.18. The minimum Gasteiger partial charge on any atom is -0.389 e. The number of nitrogen functional groups attached to an aromatic ring is 1. The van der Waals surface area contributed by atoms with Gasteiger partial charge in [0.2, 0.25) is 5.95 Å². The highest BCUT2D eigenvalue weighted by molar-refractivity contribution is 9.10. The number of anilines is 1. The number of nitrogens with two attached hydrogens (primary N) is 1. The van der Waals surface area contributed by atoms with Crippen LogP contribution in [0.2, 0.25) is 0 Å². The van der Waals surface area contributed by atoms with Crippen molar-refractivity contribution in [3.05, 3.63) is 35.1 Å². The van der Waals surface area contributed by atoms with Gasteiger partial charge in [0.25, 0.3) is 0 Å². The van der Waals surface area contributed by atoms with Gasteiger partial charge < -0.3 is 15.4 Å².